The molecule has 1 heterocycles. The summed E-state index contributed by atoms with van der Waals surface area (Å²) in [6, 6.07) is 7.71. The molecule has 1 saturated heterocycles. The molecule has 1 aliphatic heterocycles. The van der Waals surface area contributed by atoms with E-state index in [2.05, 4.69) is 20.7 Å². The Morgan fingerprint density at radius 1 is 1.31 bits per heavy atom. The molecule has 1 unspecified atom stereocenters. The largest absolute Gasteiger partial charge is 0.393 e. The van der Waals surface area contributed by atoms with E-state index in [4.69, 9.17) is 0 Å². The quantitative estimate of drug-likeness (QED) is 0.618. The summed E-state index contributed by atoms with van der Waals surface area (Å²) in [4.78, 5) is 22.6. The van der Waals surface area contributed by atoms with E-state index in [9.17, 15) is 9.59 Å². The number of rotatable bonds is 2. The fraction of sp³-hybridized carbons (Fsp3) is 0.333. The first kappa shape index (κ1) is 11.3. The Morgan fingerprint density at radius 3 is 2.44 bits per heavy atom. The fourth-order valence-corrected chi connectivity index (χ4v) is 2.11. The van der Waals surface area contributed by atoms with Crippen LogP contribution in [0.15, 0.2) is 28.7 Å². The molecule has 3 nitrogen and oxygen atoms in total. The summed E-state index contributed by atoms with van der Waals surface area (Å²) < 4.78 is 5.58. The van der Waals surface area contributed by atoms with Crippen molar-refractivity contribution in [1.82, 2.24) is 0 Å². The van der Waals surface area contributed by atoms with E-state index in [0.29, 0.717) is 6.42 Å². The minimum atomic E-state index is -0.703. The number of ether oxygens (including phenoxy) is 1. The van der Waals surface area contributed by atoms with Gasteiger partial charge in [0.05, 0.1) is 11.8 Å². The lowest BCUT2D eigenvalue weighted by atomic mass is 9.82. The van der Waals surface area contributed by atoms with Gasteiger partial charge in [-0.25, -0.2) is 0 Å². The van der Waals surface area contributed by atoms with Crippen molar-refractivity contribution in [2.24, 2.45) is 5.41 Å². The predicted octanol–water partition coefficient (Wildman–Crippen LogP) is 2.47. The SMILES string of the molecule is CC1(Cc2ccc(Br)cc2)CC(=O)OC1=O. The maximum absolute atomic E-state index is 11.5. The zero-order chi connectivity index (χ0) is 11.8. The average Bonchev–Trinajstić information content (AvgIpc) is 2.44. The number of hydrogen-bond acceptors (Lipinski definition) is 3. The second-order valence-electron chi connectivity index (χ2n) is 4.30. The molecule has 1 aromatic rings. The number of carbonyl (C=O) groups excluding carboxylic acids is 2. The lowest BCUT2D eigenvalue weighted by molar-refractivity contribution is -0.154. The smallest absolute Gasteiger partial charge is 0.320 e. The van der Waals surface area contributed by atoms with Crippen molar-refractivity contribution in [2.45, 2.75) is 19.8 Å². The Morgan fingerprint density at radius 2 is 1.94 bits per heavy atom. The Kier molecular flexibility index (Phi) is 2.84. The lowest BCUT2D eigenvalue weighted by Crippen LogP contribution is -2.25. The third-order valence-corrected chi connectivity index (χ3v) is 3.27. The number of halogens is 1. The topological polar surface area (TPSA) is 43.4 Å². The van der Waals surface area contributed by atoms with Crippen molar-refractivity contribution in [1.29, 1.82) is 0 Å². The highest BCUT2D eigenvalue weighted by Crippen LogP contribution is 2.34. The van der Waals surface area contributed by atoms with E-state index in [1.165, 1.54) is 0 Å². The molecule has 0 saturated carbocycles. The number of cyclic esters (lactones) is 2. The van der Waals surface area contributed by atoms with E-state index in [1.54, 1.807) is 6.92 Å². The highest BCUT2D eigenvalue weighted by Gasteiger charge is 2.45. The van der Waals surface area contributed by atoms with Crippen molar-refractivity contribution in [3.8, 4) is 0 Å². The Hall–Kier alpha value is -1.16. The standard InChI is InChI=1S/C12H11BrO3/c1-12(7-10(14)16-11(12)15)6-8-2-4-9(13)5-3-8/h2-5H,6-7H2,1H3. The monoisotopic (exact) mass is 282 g/mol. The number of hydrogen-bond donors (Lipinski definition) is 0. The van der Waals surface area contributed by atoms with Gasteiger partial charge in [0.2, 0.25) is 0 Å². The zero-order valence-electron chi connectivity index (χ0n) is 8.83. The fourth-order valence-electron chi connectivity index (χ4n) is 1.84. The molecule has 0 bridgehead atoms. The molecule has 0 aromatic heterocycles. The molecule has 1 fully saturated rings. The summed E-state index contributed by atoms with van der Waals surface area (Å²) >= 11 is 3.35. The van der Waals surface area contributed by atoms with Gasteiger partial charge >= 0.3 is 11.9 Å². The van der Waals surface area contributed by atoms with Crippen molar-refractivity contribution in [3.05, 3.63) is 34.3 Å². The molecule has 0 amide bonds. The average molecular weight is 283 g/mol. The second kappa shape index (κ2) is 4.01. The maximum atomic E-state index is 11.5. The highest BCUT2D eigenvalue weighted by molar-refractivity contribution is 9.10. The molecule has 84 valence electrons. The third kappa shape index (κ3) is 2.16. The second-order valence-corrected chi connectivity index (χ2v) is 5.22. The summed E-state index contributed by atoms with van der Waals surface area (Å²) in [6.07, 6.45) is 0.701. The molecule has 0 N–H and O–H groups in total. The van der Waals surface area contributed by atoms with Crippen LogP contribution in [0.2, 0.25) is 0 Å². The predicted molar refractivity (Wildman–Crippen MR) is 61.7 cm³/mol. The van der Waals surface area contributed by atoms with Gasteiger partial charge in [0.25, 0.3) is 0 Å². The molecule has 1 aliphatic rings. The summed E-state index contributed by atoms with van der Waals surface area (Å²) in [5.74, 6) is -0.843. The van der Waals surface area contributed by atoms with Crippen LogP contribution in [-0.4, -0.2) is 11.9 Å². The van der Waals surface area contributed by atoms with Gasteiger partial charge in [0.15, 0.2) is 0 Å². The number of carbonyl (C=O) groups is 2. The van der Waals surface area contributed by atoms with Gasteiger partial charge in [-0.3, -0.25) is 9.59 Å². The summed E-state index contributed by atoms with van der Waals surface area (Å²) in [5.41, 5.74) is 0.322. The van der Waals surface area contributed by atoms with Crippen molar-refractivity contribution in [2.75, 3.05) is 0 Å². The molecule has 0 radical (unpaired) electrons. The Bertz CT molecular complexity index is 438. The molecular weight excluding hydrogens is 272 g/mol. The first-order valence-corrected chi connectivity index (χ1v) is 5.78. The van der Waals surface area contributed by atoms with Crippen LogP contribution in [-0.2, 0) is 20.7 Å². The van der Waals surface area contributed by atoms with Gasteiger partial charge in [-0.1, -0.05) is 28.1 Å². The molecule has 1 atom stereocenters. The van der Waals surface area contributed by atoms with Crippen LogP contribution < -0.4 is 0 Å². The van der Waals surface area contributed by atoms with Gasteiger partial charge in [0.1, 0.15) is 0 Å². The first-order valence-electron chi connectivity index (χ1n) is 4.99. The minimum Gasteiger partial charge on any atom is -0.393 e. The van der Waals surface area contributed by atoms with Gasteiger partial charge in [-0.15, -0.1) is 0 Å². The van der Waals surface area contributed by atoms with Crippen LogP contribution >= 0.6 is 15.9 Å². The van der Waals surface area contributed by atoms with Crippen LogP contribution in [0.3, 0.4) is 0 Å². The van der Waals surface area contributed by atoms with Crippen molar-refractivity contribution in [3.63, 3.8) is 0 Å². The third-order valence-electron chi connectivity index (χ3n) is 2.74. The highest BCUT2D eigenvalue weighted by atomic mass is 79.9. The molecule has 16 heavy (non-hydrogen) atoms. The Balaban J connectivity index is 2.18. The first-order chi connectivity index (χ1) is 7.49. The van der Waals surface area contributed by atoms with Crippen LogP contribution in [0.4, 0.5) is 0 Å². The lowest BCUT2D eigenvalue weighted by Gasteiger charge is -2.17. The summed E-state index contributed by atoms with van der Waals surface area (Å²) in [5, 5.41) is 0. The Labute approximate surface area is 102 Å². The zero-order valence-corrected chi connectivity index (χ0v) is 10.4. The van der Waals surface area contributed by atoms with Crippen LogP contribution in [0.1, 0.15) is 18.9 Å². The van der Waals surface area contributed by atoms with E-state index >= 15 is 0 Å². The normalized spacial score (nSPS) is 24.6. The van der Waals surface area contributed by atoms with E-state index < -0.39 is 17.4 Å². The minimum absolute atomic E-state index is 0.169. The molecule has 1 aromatic carbocycles. The van der Waals surface area contributed by atoms with Gasteiger partial charge in [-0.2, -0.15) is 0 Å². The number of esters is 2. The molecular formula is C12H11BrO3. The van der Waals surface area contributed by atoms with Crippen LogP contribution in [0.25, 0.3) is 0 Å². The maximum Gasteiger partial charge on any atom is 0.320 e. The van der Waals surface area contributed by atoms with E-state index in [1.807, 2.05) is 24.3 Å². The summed E-state index contributed by atoms with van der Waals surface area (Å²) in [7, 11) is 0. The number of benzene rings is 1. The van der Waals surface area contributed by atoms with Crippen molar-refractivity contribution < 1.29 is 14.3 Å². The van der Waals surface area contributed by atoms with Crippen LogP contribution in [0.5, 0.6) is 0 Å². The van der Waals surface area contributed by atoms with Gasteiger partial charge in [-0.05, 0) is 31.0 Å². The molecule has 0 aliphatic carbocycles. The van der Waals surface area contributed by atoms with E-state index in [-0.39, 0.29) is 6.42 Å². The van der Waals surface area contributed by atoms with Gasteiger partial charge < -0.3 is 4.74 Å². The molecule has 0 spiro atoms. The summed E-state index contributed by atoms with van der Waals surface area (Å²) in [6.45, 7) is 1.77. The van der Waals surface area contributed by atoms with Crippen molar-refractivity contribution >= 4 is 27.9 Å². The molecule has 4 heteroatoms. The van der Waals surface area contributed by atoms with E-state index in [0.717, 1.165) is 10.0 Å². The molecule has 2 rings (SSSR count). The van der Waals surface area contributed by atoms with Gasteiger partial charge in [0, 0.05) is 4.47 Å². The van der Waals surface area contributed by atoms with Crippen LogP contribution in [0, 0.1) is 5.41 Å².